The van der Waals surface area contributed by atoms with E-state index in [4.69, 9.17) is 5.26 Å². The maximum atomic E-state index is 9.00. The van der Waals surface area contributed by atoms with Gasteiger partial charge < -0.3 is 4.90 Å². The number of nitriles is 1. The Bertz CT molecular complexity index is 936. The summed E-state index contributed by atoms with van der Waals surface area (Å²) >= 11 is 0. The van der Waals surface area contributed by atoms with Crippen molar-refractivity contribution in [1.82, 2.24) is 4.90 Å². The maximum absolute atomic E-state index is 9.00. The summed E-state index contributed by atoms with van der Waals surface area (Å²) in [5, 5.41) is 9.00. The van der Waals surface area contributed by atoms with Gasteiger partial charge in [0.2, 0.25) is 0 Å². The van der Waals surface area contributed by atoms with Crippen LogP contribution in [0.25, 0.3) is 17.2 Å². The molecule has 0 fully saturated rings. The van der Waals surface area contributed by atoms with E-state index in [2.05, 4.69) is 76.1 Å². The van der Waals surface area contributed by atoms with Gasteiger partial charge in [-0.1, -0.05) is 68.5 Å². The first-order valence-corrected chi connectivity index (χ1v) is 10.3. The predicted octanol–water partition coefficient (Wildman–Crippen LogP) is 7.62. The zero-order chi connectivity index (χ0) is 22.9. The lowest BCUT2D eigenvalue weighted by molar-refractivity contribution is 0.379. The molecule has 0 heterocycles. The summed E-state index contributed by atoms with van der Waals surface area (Å²) in [6.07, 6.45) is 4.97. The quantitative estimate of drug-likeness (QED) is 0.466. The number of benzene rings is 2. The minimum atomic E-state index is 0.0399. The van der Waals surface area contributed by atoms with Crippen molar-refractivity contribution in [2.75, 3.05) is 14.1 Å². The lowest BCUT2D eigenvalue weighted by Gasteiger charge is -2.30. The van der Waals surface area contributed by atoms with Crippen molar-refractivity contribution in [2.24, 2.45) is 5.41 Å². The Labute approximate surface area is 183 Å². The van der Waals surface area contributed by atoms with Gasteiger partial charge in [-0.05, 0) is 67.0 Å². The molecule has 0 bridgehead atoms. The van der Waals surface area contributed by atoms with Gasteiger partial charge in [-0.3, -0.25) is 0 Å². The molecule has 2 aromatic rings. The molecule has 0 atom stereocenters. The van der Waals surface area contributed by atoms with E-state index in [9.17, 15) is 0 Å². The number of nitrogens with zero attached hydrogens (tertiary/aromatic N) is 2. The normalized spacial score (nSPS) is 11.1. The zero-order valence-electron chi connectivity index (χ0n) is 19.7. The largest absolute Gasteiger partial charge is 0.381 e. The van der Waals surface area contributed by atoms with E-state index in [0.29, 0.717) is 5.56 Å². The molecule has 158 valence electrons. The van der Waals surface area contributed by atoms with Crippen LogP contribution in [0.4, 0.5) is 0 Å². The van der Waals surface area contributed by atoms with E-state index in [-0.39, 0.29) is 5.41 Å². The summed E-state index contributed by atoms with van der Waals surface area (Å²) in [5.74, 6) is 0. The predicted molar refractivity (Wildman–Crippen MR) is 132 cm³/mol. The topological polar surface area (TPSA) is 27.0 Å². The highest BCUT2D eigenvalue weighted by molar-refractivity contribution is 5.73. The van der Waals surface area contributed by atoms with Gasteiger partial charge >= 0.3 is 0 Å². The summed E-state index contributed by atoms with van der Waals surface area (Å²) < 4.78 is 0. The van der Waals surface area contributed by atoms with Crippen molar-refractivity contribution < 1.29 is 0 Å². The summed E-state index contributed by atoms with van der Waals surface area (Å²) in [6.45, 7) is 18.4. The molecule has 0 amide bonds. The van der Waals surface area contributed by atoms with Crippen LogP contribution in [0.5, 0.6) is 0 Å². The molecule has 0 N–H and O–H groups in total. The number of rotatable bonds is 6. The van der Waals surface area contributed by atoms with Gasteiger partial charge in [0.1, 0.15) is 0 Å². The highest BCUT2D eigenvalue weighted by atomic mass is 15.1. The van der Waals surface area contributed by atoms with E-state index < -0.39 is 0 Å². The third-order valence-corrected chi connectivity index (χ3v) is 5.42. The highest BCUT2D eigenvalue weighted by Gasteiger charge is 2.22. The fraction of sp³-hybridized carbons (Fsp3) is 0.321. The smallest absolute Gasteiger partial charge is 0.0991 e. The molecule has 2 heteroatoms. The fourth-order valence-electron chi connectivity index (χ4n) is 3.08. The van der Waals surface area contributed by atoms with Crippen LogP contribution in [-0.4, -0.2) is 19.0 Å². The molecule has 0 aliphatic carbocycles. The Kier molecular flexibility index (Phi) is 9.34. The van der Waals surface area contributed by atoms with Crippen molar-refractivity contribution in [2.45, 2.75) is 41.0 Å². The summed E-state index contributed by atoms with van der Waals surface area (Å²) in [5.41, 5.74) is 8.03. The SMILES string of the molecule is C=C(CC(C)(C)/C(C)=C/c1cccc(-c2ccc(C#N)cc2)c1C)N(C)C.C=CC. The Morgan fingerprint density at radius 2 is 1.70 bits per heavy atom. The summed E-state index contributed by atoms with van der Waals surface area (Å²) in [4.78, 5) is 2.09. The van der Waals surface area contributed by atoms with Crippen molar-refractivity contribution in [3.05, 3.63) is 89.7 Å². The average molecular weight is 401 g/mol. The first-order valence-electron chi connectivity index (χ1n) is 10.3. The molecule has 0 aromatic heterocycles. The molecule has 0 radical (unpaired) electrons. The Hall–Kier alpha value is -3.05. The van der Waals surface area contributed by atoms with Crippen LogP contribution in [0.1, 0.15) is 50.8 Å². The fourth-order valence-corrected chi connectivity index (χ4v) is 3.08. The third kappa shape index (κ3) is 6.78. The van der Waals surface area contributed by atoms with Crippen LogP contribution in [0.15, 0.2) is 73.0 Å². The van der Waals surface area contributed by atoms with E-state index >= 15 is 0 Å². The molecule has 0 aliphatic rings. The van der Waals surface area contributed by atoms with Crippen LogP contribution in [0.2, 0.25) is 0 Å². The monoisotopic (exact) mass is 400 g/mol. The van der Waals surface area contributed by atoms with Crippen molar-refractivity contribution in [3.8, 4) is 17.2 Å². The van der Waals surface area contributed by atoms with E-state index in [0.717, 1.165) is 17.7 Å². The van der Waals surface area contributed by atoms with Crippen molar-refractivity contribution >= 4 is 6.08 Å². The van der Waals surface area contributed by atoms with Gasteiger partial charge in [0.05, 0.1) is 11.6 Å². The lowest BCUT2D eigenvalue weighted by Crippen LogP contribution is -2.20. The van der Waals surface area contributed by atoms with Crippen LogP contribution < -0.4 is 0 Å². The third-order valence-electron chi connectivity index (χ3n) is 5.42. The van der Waals surface area contributed by atoms with E-state index in [1.165, 1.54) is 22.3 Å². The molecule has 2 aromatic carbocycles. The van der Waals surface area contributed by atoms with Crippen LogP contribution in [0.3, 0.4) is 0 Å². The Morgan fingerprint density at radius 3 is 2.20 bits per heavy atom. The minimum Gasteiger partial charge on any atom is -0.381 e. The first-order chi connectivity index (χ1) is 14.1. The van der Waals surface area contributed by atoms with E-state index in [1.54, 1.807) is 6.08 Å². The van der Waals surface area contributed by atoms with E-state index in [1.807, 2.05) is 45.3 Å². The Balaban J connectivity index is 0.00000141. The molecule has 0 saturated heterocycles. The number of hydrogen-bond acceptors (Lipinski definition) is 2. The second kappa shape index (κ2) is 11.2. The summed E-state index contributed by atoms with van der Waals surface area (Å²) in [6, 6.07) is 16.4. The van der Waals surface area contributed by atoms with Gasteiger partial charge in [0.25, 0.3) is 0 Å². The molecular formula is C28H36N2. The lowest BCUT2D eigenvalue weighted by atomic mass is 9.79. The second-order valence-corrected chi connectivity index (χ2v) is 8.47. The molecular weight excluding hydrogens is 364 g/mol. The molecule has 0 spiro atoms. The van der Waals surface area contributed by atoms with Crippen LogP contribution >= 0.6 is 0 Å². The average Bonchev–Trinajstić information content (AvgIpc) is 2.70. The highest BCUT2D eigenvalue weighted by Crippen LogP contribution is 2.36. The molecule has 0 saturated carbocycles. The second-order valence-electron chi connectivity index (χ2n) is 8.47. The minimum absolute atomic E-state index is 0.0399. The number of hydrogen-bond donors (Lipinski definition) is 0. The van der Waals surface area contributed by atoms with Gasteiger partial charge in [-0.15, -0.1) is 6.58 Å². The van der Waals surface area contributed by atoms with Crippen LogP contribution in [0, 0.1) is 23.7 Å². The first kappa shape index (κ1) is 25.0. The zero-order valence-corrected chi connectivity index (χ0v) is 19.7. The molecule has 0 unspecified atom stereocenters. The van der Waals surface area contributed by atoms with Gasteiger partial charge in [-0.25, -0.2) is 0 Å². The maximum Gasteiger partial charge on any atom is 0.0991 e. The van der Waals surface area contributed by atoms with Gasteiger partial charge in [-0.2, -0.15) is 5.26 Å². The standard InChI is InChI=1S/C25H30N2.C3H6/c1-18(25(4,5)16-19(2)27(6)7)15-23-9-8-10-24(20(23)3)22-13-11-21(17-26)12-14-22;1-3-2/h8-15H,2,16H2,1,3-7H3;3H,1H2,2H3/b18-15+;. The summed E-state index contributed by atoms with van der Waals surface area (Å²) in [7, 11) is 4.09. The van der Waals surface area contributed by atoms with Gasteiger partial charge in [0, 0.05) is 19.8 Å². The molecule has 30 heavy (non-hydrogen) atoms. The molecule has 2 rings (SSSR count). The van der Waals surface area contributed by atoms with Crippen LogP contribution in [-0.2, 0) is 0 Å². The molecule has 2 nitrogen and oxygen atoms in total. The molecule has 0 aliphatic heterocycles. The number of allylic oxidation sites excluding steroid dienone is 3. The van der Waals surface area contributed by atoms with Crippen molar-refractivity contribution in [1.29, 1.82) is 5.26 Å². The van der Waals surface area contributed by atoms with Gasteiger partial charge in [0.15, 0.2) is 0 Å². The van der Waals surface area contributed by atoms with Crippen molar-refractivity contribution in [3.63, 3.8) is 0 Å². The Morgan fingerprint density at radius 1 is 1.13 bits per heavy atom.